The summed E-state index contributed by atoms with van der Waals surface area (Å²) in [6.45, 7) is 3.16. The monoisotopic (exact) mass is 331 g/mol. The molecule has 23 heavy (non-hydrogen) atoms. The molecule has 2 N–H and O–H groups in total. The summed E-state index contributed by atoms with van der Waals surface area (Å²) in [4.78, 5) is 9.73. The minimum Gasteiger partial charge on any atom is -0.355 e. The van der Waals surface area contributed by atoms with E-state index in [-0.39, 0.29) is 4.75 Å². The van der Waals surface area contributed by atoms with Crippen molar-refractivity contribution < 1.29 is 4.52 Å². The summed E-state index contributed by atoms with van der Waals surface area (Å²) in [6.07, 6.45) is 2.45. The third-order valence-corrected chi connectivity index (χ3v) is 5.16. The van der Waals surface area contributed by atoms with Gasteiger partial charge in [0.15, 0.2) is 11.8 Å². The van der Waals surface area contributed by atoms with Gasteiger partial charge in [0.25, 0.3) is 0 Å². The number of aromatic nitrogens is 2. The number of nitrogens with zero attached hydrogens (tertiary/aromatic N) is 3. The molecule has 7 heteroatoms. The number of rotatable bonds is 6. The van der Waals surface area contributed by atoms with Crippen LogP contribution in [0.2, 0.25) is 0 Å². The number of hydrogen-bond acceptors (Lipinski definition) is 5. The lowest BCUT2D eigenvalue weighted by molar-refractivity contribution is 0.387. The molecule has 0 aliphatic heterocycles. The normalized spacial score (nSPS) is 16.2. The summed E-state index contributed by atoms with van der Waals surface area (Å²) in [6, 6.07) is 10.5. The third kappa shape index (κ3) is 4.48. The first kappa shape index (κ1) is 15.9. The van der Waals surface area contributed by atoms with Gasteiger partial charge in [-0.25, -0.2) is 0 Å². The molecule has 2 aromatic rings. The van der Waals surface area contributed by atoms with E-state index in [2.05, 4.69) is 50.0 Å². The van der Waals surface area contributed by atoms with Crippen molar-refractivity contribution in [3.8, 4) is 0 Å². The fourth-order valence-electron chi connectivity index (χ4n) is 2.23. The van der Waals surface area contributed by atoms with Crippen LogP contribution >= 0.6 is 11.8 Å². The fraction of sp³-hybridized carbons (Fsp3) is 0.438. The highest BCUT2D eigenvalue weighted by atomic mass is 32.2. The smallest absolute Gasteiger partial charge is 0.223 e. The zero-order chi connectivity index (χ0) is 16.1. The maximum Gasteiger partial charge on any atom is 0.223 e. The van der Waals surface area contributed by atoms with Crippen molar-refractivity contribution in [1.82, 2.24) is 20.8 Å². The lowest BCUT2D eigenvalue weighted by Crippen LogP contribution is -2.40. The topological polar surface area (TPSA) is 75.3 Å². The van der Waals surface area contributed by atoms with Crippen LogP contribution in [-0.4, -0.2) is 34.4 Å². The molecule has 1 aliphatic carbocycles. The summed E-state index contributed by atoms with van der Waals surface area (Å²) in [5, 5.41) is 10.5. The molecule has 0 atom stereocenters. The quantitative estimate of drug-likeness (QED) is 0.625. The molecule has 6 nitrogen and oxygen atoms in total. The second-order valence-electron chi connectivity index (χ2n) is 5.61. The molecular formula is C16H21N5OS. The molecule has 1 aromatic carbocycles. The van der Waals surface area contributed by atoms with Crippen LogP contribution in [0.4, 0.5) is 0 Å². The van der Waals surface area contributed by atoms with Crippen LogP contribution in [0.15, 0.2) is 44.7 Å². The number of thioether (sulfide) groups is 1. The van der Waals surface area contributed by atoms with Gasteiger partial charge in [-0.3, -0.25) is 4.99 Å². The van der Waals surface area contributed by atoms with E-state index in [1.54, 1.807) is 14.0 Å². The first-order valence-electron chi connectivity index (χ1n) is 7.67. The standard InChI is InChI=1S/C16H21N5OS/c1-12-20-14(21-22-12)10-18-15(17-2)19-11-16(8-9-16)23-13-6-4-3-5-7-13/h3-7H,8-11H2,1-2H3,(H2,17,18,19). The van der Waals surface area contributed by atoms with Gasteiger partial charge in [0.2, 0.25) is 5.89 Å². The van der Waals surface area contributed by atoms with E-state index in [9.17, 15) is 0 Å². The van der Waals surface area contributed by atoms with Gasteiger partial charge in [-0.15, -0.1) is 11.8 Å². The molecule has 1 heterocycles. The second-order valence-corrected chi connectivity index (χ2v) is 7.15. The van der Waals surface area contributed by atoms with Crippen LogP contribution in [0.1, 0.15) is 24.6 Å². The van der Waals surface area contributed by atoms with E-state index in [1.165, 1.54) is 17.7 Å². The Morgan fingerprint density at radius 3 is 2.70 bits per heavy atom. The minimum absolute atomic E-state index is 0.279. The van der Waals surface area contributed by atoms with Gasteiger partial charge in [0.05, 0.1) is 6.54 Å². The van der Waals surface area contributed by atoms with E-state index in [0.717, 1.165) is 12.5 Å². The maximum atomic E-state index is 4.96. The van der Waals surface area contributed by atoms with Gasteiger partial charge < -0.3 is 15.2 Å². The van der Waals surface area contributed by atoms with Gasteiger partial charge in [-0.05, 0) is 25.0 Å². The molecule has 0 radical (unpaired) electrons. The van der Waals surface area contributed by atoms with Crippen LogP contribution in [0.3, 0.4) is 0 Å². The van der Waals surface area contributed by atoms with E-state index in [1.807, 2.05) is 17.8 Å². The van der Waals surface area contributed by atoms with Crippen LogP contribution < -0.4 is 10.6 Å². The van der Waals surface area contributed by atoms with Crippen LogP contribution in [-0.2, 0) is 6.54 Å². The SMILES string of the molecule is CN=C(NCc1noc(C)n1)NCC1(Sc2ccccc2)CC1. The van der Waals surface area contributed by atoms with Crippen molar-refractivity contribution in [2.45, 2.75) is 36.0 Å². The molecule has 1 saturated carbocycles. The molecule has 1 aliphatic rings. The Bertz CT molecular complexity index is 666. The summed E-state index contributed by atoms with van der Waals surface area (Å²) in [5.74, 6) is 1.96. The van der Waals surface area contributed by atoms with Crippen molar-refractivity contribution in [3.63, 3.8) is 0 Å². The Kier molecular flexibility index (Phi) is 4.85. The van der Waals surface area contributed by atoms with Crippen molar-refractivity contribution in [3.05, 3.63) is 42.0 Å². The number of benzene rings is 1. The first-order valence-corrected chi connectivity index (χ1v) is 8.49. The predicted molar refractivity (Wildman–Crippen MR) is 91.5 cm³/mol. The number of nitrogens with one attached hydrogen (secondary N) is 2. The Morgan fingerprint density at radius 1 is 1.30 bits per heavy atom. The molecule has 0 unspecified atom stereocenters. The van der Waals surface area contributed by atoms with E-state index in [0.29, 0.717) is 18.3 Å². The zero-order valence-electron chi connectivity index (χ0n) is 13.4. The first-order chi connectivity index (χ1) is 11.2. The molecule has 0 spiro atoms. The van der Waals surface area contributed by atoms with Crippen molar-refractivity contribution >= 4 is 17.7 Å². The van der Waals surface area contributed by atoms with E-state index >= 15 is 0 Å². The Hall–Kier alpha value is -2.02. The van der Waals surface area contributed by atoms with Crippen LogP contribution in [0.25, 0.3) is 0 Å². The van der Waals surface area contributed by atoms with Crippen molar-refractivity contribution in [2.75, 3.05) is 13.6 Å². The van der Waals surface area contributed by atoms with E-state index in [4.69, 9.17) is 4.52 Å². The molecule has 1 fully saturated rings. The zero-order valence-corrected chi connectivity index (χ0v) is 14.2. The highest BCUT2D eigenvalue weighted by molar-refractivity contribution is 8.01. The van der Waals surface area contributed by atoms with Gasteiger partial charge in [-0.1, -0.05) is 23.4 Å². The lowest BCUT2D eigenvalue weighted by atomic mass is 10.4. The highest BCUT2D eigenvalue weighted by Crippen LogP contribution is 2.51. The molecule has 0 saturated heterocycles. The van der Waals surface area contributed by atoms with Gasteiger partial charge in [-0.2, -0.15) is 4.98 Å². The van der Waals surface area contributed by atoms with Crippen LogP contribution in [0, 0.1) is 6.92 Å². The molecule has 0 bridgehead atoms. The molecular weight excluding hydrogens is 310 g/mol. The fourth-order valence-corrected chi connectivity index (χ4v) is 3.48. The minimum atomic E-state index is 0.279. The van der Waals surface area contributed by atoms with Gasteiger partial charge in [0.1, 0.15) is 0 Å². The predicted octanol–water partition coefficient (Wildman–Crippen LogP) is 2.37. The summed E-state index contributed by atoms with van der Waals surface area (Å²) < 4.78 is 5.24. The third-order valence-electron chi connectivity index (χ3n) is 3.67. The van der Waals surface area contributed by atoms with Crippen LogP contribution in [0.5, 0.6) is 0 Å². The summed E-state index contributed by atoms with van der Waals surface area (Å²) >= 11 is 1.94. The van der Waals surface area contributed by atoms with E-state index < -0.39 is 0 Å². The molecule has 0 amide bonds. The molecule has 1 aromatic heterocycles. The number of aryl methyl sites for hydroxylation is 1. The van der Waals surface area contributed by atoms with Crippen molar-refractivity contribution in [1.29, 1.82) is 0 Å². The number of aliphatic imine (C=N–C) groups is 1. The maximum absolute atomic E-state index is 4.96. The summed E-state index contributed by atoms with van der Waals surface area (Å²) in [5.41, 5.74) is 0. The Balaban J connectivity index is 1.48. The Morgan fingerprint density at radius 2 is 2.09 bits per heavy atom. The number of guanidine groups is 1. The number of hydrogen-bond donors (Lipinski definition) is 2. The molecule has 3 rings (SSSR count). The van der Waals surface area contributed by atoms with Gasteiger partial charge >= 0.3 is 0 Å². The van der Waals surface area contributed by atoms with Crippen molar-refractivity contribution in [2.24, 2.45) is 4.99 Å². The summed E-state index contributed by atoms with van der Waals surface area (Å²) in [7, 11) is 1.76. The largest absolute Gasteiger partial charge is 0.355 e. The highest BCUT2D eigenvalue weighted by Gasteiger charge is 2.43. The average molecular weight is 331 g/mol. The van der Waals surface area contributed by atoms with Gasteiger partial charge in [0, 0.05) is 30.2 Å². The average Bonchev–Trinajstić information content (AvgIpc) is 3.20. The second kappa shape index (κ2) is 7.04. The lowest BCUT2D eigenvalue weighted by Gasteiger charge is -2.18. The molecule has 122 valence electrons. The Labute approximate surface area is 140 Å².